The molecule has 2 rings (SSSR count). The number of barbiturate groups is 1. The van der Waals surface area contributed by atoms with Crippen molar-refractivity contribution in [3.63, 3.8) is 0 Å². The third-order valence-corrected chi connectivity index (χ3v) is 6.70. The Labute approximate surface area is 276 Å². The van der Waals surface area contributed by atoms with E-state index in [0.29, 0.717) is 19.3 Å². The molecule has 0 aromatic heterocycles. The number of carboxylic acids is 3. The largest absolute Gasteiger partial charge is 1.00 e. The van der Waals surface area contributed by atoms with Gasteiger partial charge in [-0.3, -0.25) is 29.8 Å². The number of aromatic carboxylic acids is 2. The van der Waals surface area contributed by atoms with Crippen LogP contribution in [-0.4, -0.2) is 76.2 Å². The molecule has 1 saturated heterocycles. The standard InChI is InChI=1S/C17H18O10.C11H18N2O3.Na.H/c18-13(19)3-1-2-4-14(20)26-7-8-27-17(25)10-5-6-11(15(21)22)12(9-10)16(23)24;1-4-6-7(3)11(5-2)8(14)12-10(16)13-9(11)15;;/h5-6,9H,1-4,7-8H2,(H,18,19)(H,21,22)(H,23,24);7H,4-6H2,1-3H3,(H2,12,13,14,15,16);;/q;;+1;-1. The monoisotopic (exact) mass is 632 g/mol. The van der Waals surface area contributed by atoms with E-state index < -0.39 is 64.2 Å². The molecule has 0 radical (unpaired) electrons. The summed E-state index contributed by atoms with van der Waals surface area (Å²) in [6.07, 6.45) is 2.79. The van der Waals surface area contributed by atoms with E-state index >= 15 is 0 Å². The Morgan fingerprint density at radius 1 is 0.864 bits per heavy atom. The number of nitrogens with one attached hydrogen (secondary N) is 2. The molecule has 1 aliphatic heterocycles. The van der Waals surface area contributed by atoms with Gasteiger partial charge in [0.2, 0.25) is 11.8 Å². The first-order chi connectivity index (χ1) is 20.2. The van der Waals surface area contributed by atoms with E-state index in [-0.39, 0.29) is 68.5 Å². The number of esters is 2. The van der Waals surface area contributed by atoms with Gasteiger partial charge in [-0.25, -0.2) is 19.2 Å². The average molecular weight is 633 g/mol. The number of benzene rings is 1. The molecule has 0 bridgehead atoms. The number of hydrogen-bond donors (Lipinski definition) is 5. The summed E-state index contributed by atoms with van der Waals surface area (Å²) in [5.74, 6) is -6.36. The van der Waals surface area contributed by atoms with Crippen molar-refractivity contribution in [2.45, 2.75) is 65.7 Å². The zero-order chi connectivity index (χ0) is 32.7. The van der Waals surface area contributed by atoms with Crippen molar-refractivity contribution >= 4 is 47.7 Å². The molecule has 5 N–H and O–H groups in total. The number of ether oxygens (including phenoxy) is 2. The van der Waals surface area contributed by atoms with Gasteiger partial charge in [0.25, 0.3) is 0 Å². The van der Waals surface area contributed by atoms with Crippen LogP contribution in [0.3, 0.4) is 0 Å². The molecule has 1 aromatic carbocycles. The number of aliphatic carboxylic acids is 1. The molecule has 0 saturated carbocycles. The van der Waals surface area contributed by atoms with E-state index in [4.69, 9.17) is 24.8 Å². The topological polar surface area (TPSA) is 240 Å². The number of rotatable bonds is 15. The maximum absolute atomic E-state index is 11.9. The molecule has 1 atom stereocenters. The predicted molar refractivity (Wildman–Crippen MR) is 147 cm³/mol. The van der Waals surface area contributed by atoms with Crippen LogP contribution in [0.1, 0.15) is 98.2 Å². The third kappa shape index (κ3) is 11.7. The second kappa shape index (κ2) is 19.5. The van der Waals surface area contributed by atoms with E-state index in [1.807, 2.05) is 13.8 Å². The van der Waals surface area contributed by atoms with Gasteiger partial charge >= 0.3 is 65.4 Å². The molecule has 238 valence electrons. The summed E-state index contributed by atoms with van der Waals surface area (Å²) < 4.78 is 9.65. The Kier molecular flexibility index (Phi) is 17.8. The van der Waals surface area contributed by atoms with Gasteiger partial charge in [-0.15, -0.1) is 0 Å². The van der Waals surface area contributed by atoms with Gasteiger partial charge in [0, 0.05) is 12.8 Å². The quantitative estimate of drug-likeness (QED) is 0.0725. The predicted octanol–water partition coefficient (Wildman–Crippen LogP) is -0.270. The van der Waals surface area contributed by atoms with Gasteiger partial charge in [-0.2, -0.15) is 0 Å². The molecule has 1 fully saturated rings. The summed E-state index contributed by atoms with van der Waals surface area (Å²) in [5.41, 5.74) is -2.26. The van der Waals surface area contributed by atoms with Crippen LogP contribution in [0.25, 0.3) is 0 Å². The van der Waals surface area contributed by atoms with E-state index in [0.717, 1.165) is 31.0 Å². The fourth-order valence-corrected chi connectivity index (χ4v) is 4.39. The van der Waals surface area contributed by atoms with Gasteiger partial charge in [0.05, 0.1) is 16.7 Å². The van der Waals surface area contributed by atoms with E-state index in [1.54, 1.807) is 6.92 Å². The summed E-state index contributed by atoms with van der Waals surface area (Å²) in [6.45, 7) is 5.18. The Balaban J connectivity index is 0. The van der Waals surface area contributed by atoms with E-state index in [2.05, 4.69) is 10.6 Å². The number of unbranched alkanes of at least 4 members (excludes halogenated alkanes) is 1. The number of carboxylic acid groups (broad SMARTS) is 3. The zero-order valence-electron chi connectivity index (χ0n) is 26.1. The van der Waals surface area contributed by atoms with Crippen LogP contribution in [0.5, 0.6) is 0 Å². The summed E-state index contributed by atoms with van der Waals surface area (Å²) >= 11 is 0. The van der Waals surface area contributed by atoms with Crippen LogP contribution in [0, 0.1) is 11.3 Å². The van der Waals surface area contributed by atoms with Gasteiger partial charge in [-0.05, 0) is 49.8 Å². The van der Waals surface area contributed by atoms with Crippen molar-refractivity contribution in [2.75, 3.05) is 13.2 Å². The fraction of sp³-hybridized carbons (Fsp3) is 0.500. The van der Waals surface area contributed by atoms with Crippen molar-refractivity contribution in [2.24, 2.45) is 11.3 Å². The minimum absolute atomic E-state index is 0. The number of carbonyl (C=O) groups excluding carboxylic acids is 5. The van der Waals surface area contributed by atoms with Crippen molar-refractivity contribution in [3.05, 3.63) is 34.9 Å². The molecule has 16 heteroatoms. The number of hydrogen-bond acceptors (Lipinski definition) is 10. The molecule has 1 aliphatic rings. The van der Waals surface area contributed by atoms with Crippen LogP contribution >= 0.6 is 0 Å². The number of carbonyl (C=O) groups is 8. The average Bonchev–Trinajstić information content (AvgIpc) is 2.93. The van der Waals surface area contributed by atoms with Gasteiger partial charge in [0.15, 0.2) is 0 Å². The van der Waals surface area contributed by atoms with Crippen molar-refractivity contribution < 1.29 is 94.1 Å². The van der Waals surface area contributed by atoms with Crippen molar-refractivity contribution in [1.82, 2.24) is 10.6 Å². The third-order valence-electron chi connectivity index (χ3n) is 6.70. The first-order valence-corrected chi connectivity index (χ1v) is 13.5. The van der Waals surface area contributed by atoms with Crippen LogP contribution < -0.4 is 40.2 Å². The molecule has 1 aromatic rings. The molecule has 15 nitrogen and oxygen atoms in total. The second-order valence-corrected chi connectivity index (χ2v) is 9.58. The molecule has 0 aliphatic carbocycles. The Hall–Kier alpha value is -3.82. The zero-order valence-corrected chi connectivity index (χ0v) is 27.1. The van der Waals surface area contributed by atoms with Gasteiger partial charge in [0.1, 0.15) is 18.6 Å². The summed E-state index contributed by atoms with van der Waals surface area (Å²) in [4.78, 5) is 90.4. The molecule has 4 amide bonds. The van der Waals surface area contributed by atoms with E-state index in [9.17, 15) is 38.4 Å². The second-order valence-electron chi connectivity index (χ2n) is 9.58. The van der Waals surface area contributed by atoms with Crippen LogP contribution in [-0.2, 0) is 28.7 Å². The van der Waals surface area contributed by atoms with Crippen molar-refractivity contribution in [1.29, 1.82) is 0 Å². The summed E-state index contributed by atoms with van der Waals surface area (Å²) in [7, 11) is 0. The Bertz CT molecular complexity index is 1230. The molecular formula is C28H37N2NaO13. The Morgan fingerprint density at radius 3 is 1.91 bits per heavy atom. The first-order valence-electron chi connectivity index (χ1n) is 13.5. The van der Waals surface area contributed by atoms with Gasteiger partial charge in [-0.1, -0.05) is 27.2 Å². The Morgan fingerprint density at radius 2 is 1.41 bits per heavy atom. The van der Waals surface area contributed by atoms with E-state index in [1.165, 1.54) is 0 Å². The molecule has 1 heterocycles. The van der Waals surface area contributed by atoms with Crippen LogP contribution in [0.2, 0.25) is 0 Å². The van der Waals surface area contributed by atoms with Crippen LogP contribution in [0.15, 0.2) is 18.2 Å². The first kappa shape index (κ1) is 40.2. The number of amides is 4. The minimum atomic E-state index is -1.50. The van der Waals surface area contributed by atoms with Crippen LogP contribution in [0.4, 0.5) is 4.79 Å². The summed E-state index contributed by atoms with van der Waals surface area (Å²) in [6, 6.07) is 2.28. The number of imide groups is 2. The SMILES string of the molecule is CCCC(C)C1(CC)C(=O)NC(=O)NC1=O.O=C(O)CCCCC(=O)OCCOC(=O)c1ccc(C(=O)O)c(C(=O)O)c1.[H-].[Na+]. The molecular weight excluding hydrogens is 595 g/mol. The maximum Gasteiger partial charge on any atom is 1.00 e. The minimum Gasteiger partial charge on any atom is -1.00 e. The number of urea groups is 1. The van der Waals surface area contributed by atoms with Gasteiger partial charge < -0.3 is 26.2 Å². The smallest absolute Gasteiger partial charge is 1.00 e. The molecule has 0 spiro atoms. The normalized spacial score (nSPS) is 13.9. The van der Waals surface area contributed by atoms with Crippen molar-refractivity contribution in [3.8, 4) is 0 Å². The molecule has 44 heavy (non-hydrogen) atoms. The molecule has 1 unspecified atom stereocenters. The summed E-state index contributed by atoms with van der Waals surface area (Å²) in [5, 5.41) is 30.7. The fourth-order valence-electron chi connectivity index (χ4n) is 4.39. The maximum atomic E-state index is 11.9.